The van der Waals surface area contributed by atoms with Gasteiger partial charge in [0, 0.05) is 0 Å². The molecule has 1 heterocycles. The van der Waals surface area contributed by atoms with E-state index in [4.69, 9.17) is 5.73 Å². The first-order chi connectivity index (χ1) is 9.60. The molecule has 0 aliphatic heterocycles. The SMILES string of the molecule is NCC#Cc1cnc(NC(=O)c2cc(F)ccc2F)s1. The number of hydrogen-bond acceptors (Lipinski definition) is 4. The Bertz CT molecular complexity index is 703. The van der Waals surface area contributed by atoms with Gasteiger partial charge in [0.25, 0.3) is 5.91 Å². The minimum atomic E-state index is -0.802. The van der Waals surface area contributed by atoms with Crippen LogP contribution in [0.2, 0.25) is 0 Å². The van der Waals surface area contributed by atoms with Crippen molar-refractivity contribution in [1.29, 1.82) is 0 Å². The van der Waals surface area contributed by atoms with Crippen LogP contribution in [0.3, 0.4) is 0 Å². The third-order valence-corrected chi connectivity index (χ3v) is 3.04. The highest BCUT2D eigenvalue weighted by molar-refractivity contribution is 7.16. The second-order valence-corrected chi connectivity index (χ2v) is 4.64. The topological polar surface area (TPSA) is 68.0 Å². The molecule has 7 heteroatoms. The van der Waals surface area contributed by atoms with Crippen LogP contribution in [0.5, 0.6) is 0 Å². The molecule has 20 heavy (non-hydrogen) atoms. The molecule has 0 atom stereocenters. The summed E-state index contributed by atoms with van der Waals surface area (Å²) >= 11 is 1.12. The van der Waals surface area contributed by atoms with Crippen LogP contribution in [0.4, 0.5) is 13.9 Å². The van der Waals surface area contributed by atoms with E-state index in [0.717, 1.165) is 29.5 Å². The summed E-state index contributed by atoms with van der Waals surface area (Å²) in [4.78, 5) is 16.3. The lowest BCUT2D eigenvalue weighted by molar-refractivity contribution is 0.102. The zero-order valence-corrected chi connectivity index (χ0v) is 10.9. The summed E-state index contributed by atoms with van der Waals surface area (Å²) in [6, 6.07) is 2.66. The Morgan fingerprint density at radius 1 is 1.45 bits per heavy atom. The van der Waals surface area contributed by atoms with Crippen molar-refractivity contribution in [3.05, 3.63) is 46.5 Å². The number of nitrogens with two attached hydrogens (primary N) is 1. The minimum Gasteiger partial charge on any atom is -0.320 e. The van der Waals surface area contributed by atoms with Crippen molar-refractivity contribution in [2.75, 3.05) is 11.9 Å². The van der Waals surface area contributed by atoms with Crippen molar-refractivity contribution in [2.45, 2.75) is 0 Å². The van der Waals surface area contributed by atoms with Gasteiger partial charge in [-0.05, 0) is 18.2 Å². The van der Waals surface area contributed by atoms with E-state index >= 15 is 0 Å². The molecule has 0 saturated carbocycles. The van der Waals surface area contributed by atoms with Gasteiger partial charge < -0.3 is 5.73 Å². The summed E-state index contributed by atoms with van der Waals surface area (Å²) in [7, 11) is 0. The number of carbonyl (C=O) groups excluding carboxylic acids is 1. The highest BCUT2D eigenvalue weighted by atomic mass is 32.1. The van der Waals surface area contributed by atoms with Gasteiger partial charge in [0.05, 0.1) is 23.2 Å². The molecule has 0 saturated heterocycles. The molecule has 0 radical (unpaired) electrons. The van der Waals surface area contributed by atoms with Crippen LogP contribution < -0.4 is 11.1 Å². The normalized spacial score (nSPS) is 9.75. The molecular formula is C13H9F2N3OS. The molecule has 1 aromatic carbocycles. The van der Waals surface area contributed by atoms with Crippen LogP contribution in [0.1, 0.15) is 15.2 Å². The number of thiazole rings is 1. The van der Waals surface area contributed by atoms with E-state index in [9.17, 15) is 13.6 Å². The van der Waals surface area contributed by atoms with Crippen LogP contribution in [-0.2, 0) is 0 Å². The monoisotopic (exact) mass is 293 g/mol. The largest absolute Gasteiger partial charge is 0.320 e. The van der Waals surface area contributed by atoms with Gasteiger partial charge in [-0.25, -0.2) is 13.8 Å². The Morgan fingerprint density at radius 3 is 3.00 bits per heavy atom. The number of halogens is 2. The Kier molecular flexibility index (Phi) is 4.40. The van der Waals surface area contributed by atoms with E-state index in [1.54, 1.807) is 0 Å². The van der Waals surface area contributed by atoms with Crippen molar-refractivity contribution in [3.8, 4) is 11.8 Å². The molecule has 2 aromatic rings. The number of nitrogens with one attached hydrogen (secondary N) is 1. The van der Waals surface area contributed by atoms with Gasteiger partial charge in [-0.1, -0.05) is 23.2 Å². The molecule has 2 rings (SSSR count). The third kappa shape index (κ3) is 3.38. The van der Waals surface area contributed by atoms with Crippen molar-refractivity contribution in [3.63, 3.8) is 0 Å². The minimum absolute atomic E-state index is 0.216. The predicted octanol–water partition coefficient (Wildman–Crippen LogP) is 1.98. The van der Waals surface area contributed by atoms with Crippen LogP contribution >= 0.6 is 11.3 Å². The Morgan fingerprint density at radius 2 is 2.25 bits per heavy atom. The first kappa shape index (κ1) is 14.1. The molecular weight excluding hydrogens is 284 g/mol. The highest BCUT2D eigenvalue weighted by Gasteiger charge is 2.14. The average Bonchev–Trinajstić information content (AvgIpc) is 2.86. The smallest absolute Gasteiger partial charge is 0.260 e. The molecule has 102 valence electrons. The van der Waals surface area contributed by atoms with E-state index in [-0.39, 0.29) is 17.2 Å². The van der Waals surface area contributed by atoms with Gasteiger partial charge in [-0.3, -0.25) is 10.1 Å². The summed E-state index contributed by atoms with van der Waals surface area (Å²) in [6.07, 6.45) is 1.46. The summed E-state index contributed by atoms with van der Waals surface area (Å²) in [5.41, 5.74) is 4.85. The molecule has 3 N–H and O–H groups in total. The Labute approximate surface area is 117 Å². The van der Waals surface area contributed by atoms with E-state index < -0.39 is 17.5 Å². The fraction of sp³-hybridized carbons (Fsp3) is 0.0769. The predicted molar refractivity (Wildman–Crippen MR) is 72.4 cm³/mol. The summed E-state index contributed by atoms with van der Waals surface area (Å²) in [6.45, 7) is 0.216. The summed E-state index contributed by atoms with van der Waals surface area (Å²) in [5.74, 6) is 3.14. The standard InChI is InChI=1S/C13H9F2N3OS/c14-8-3-4-11(15)10(6-8)12(19)18-13-17-7-9(20-13)2-1-5-16/h3-4,6-7H,5,16H2,(H,17,18,19). The Balaban J connectivity index is 2.15. The number of amides is 1. The number of nitrogens with zero attached hydrogens (tertiary/aromatic N) is 1. The number of carbonyl (C=O) groups is 1. The fourth-order valence-electron chi connectivity index (χ4n) is 1.36. The molecule has 0 bridgehead atoms. The molecule has 1 amide bonds. The third-order valence-electron chi connectivity index (χ3n) is 2.21. The summed E-state index contributed by atoms with van der Waals surface area (Å²) in [5, 5.41) is 2.64. The molecule has 4 nitrogen and oxygen atoms in total. The van der Waals surface area contributed by atoms with Crippen LogP contribution in [0, 0.1) is 23.5 Å². The van der Waals surface area contributed by atoms with E-state index in [2.05, 4.69) is 22.1 Å². The van der Waals surface area contributed by atoms with E-state index in [1.165, 1.54) is 6.20 Å². The molecule has 0 aliphatic rings. The van der Waals surface area contributed by atoms with E-state index in [0.29, 0.717) is 4.88 Å². The van der Waals surface area contributed by atoms with Gasteiger partial charge in [-0.15, -0.1) is 0 Å². The maximum Gasteiger partial charge on any atom is 0.260 e. The average molecular weight is 293 g/mol. The van der Waals surface area contributed by atoms with Gasteiger partial charge >= 0.3 is 0 Å². The maximum atomic E-state index is 13.4. The second kappa shape index (κ2) is 6.23. The molecule has 0 unspecified atom stereocenters. The first-order valence-electron chi connectivity index (χ1n) is 5.51. The number of benzene rings is 1. The van der Waals surface area contributed by atoms with Crippen molar-refractivity contribution < 1.29 is 13.6 Å². The maximum absolute atomic E-state index is 13.4. The second-order valence-electron chi connectivity index (χ2n) is 3.61. The zero-order valence-electron chi connectivity index (χ0n) is 10.1. The summed E-state index contributed by atoms with van der Waals surface area (Å²) < 4.78 is 26.4. The Hall–Kier alpha value is -2.30. The molecule has 1 aromatic heterocycles. The molecule has 0 spiro atoms. The van der Waals surface area contributed by atoms with Crippen LogP contribution in [0.15, 0.2) is 24.4 Å². The first-order valence-corrected chi connectivity index (χ1v) is 6.33. The lowest BCUT2D eigenvalue weighted by atomic mass is 10.2. The van der Waals surface area contributed by atoms with Crippen molar-refractivity contribution in [1.82, 2.24) is 4.98 Å². The lowest BCUT2D eigenvalue weighted by Crippen LogP contribution is -2.13. The number of anilines is 1. The van der Waals surface area contributed by atoms with E-state index in [1.807, 2.05) is 0 Å². The van der Waals surface area contributed by atoms with Crippen LogP contribution in [0.25, 0.3) is 0 Å². The molecule has 0 aliphatic carbocycles. The lowest BCUT2D eigenvalue weighted by Gasteiger charge is -2.02. The quantitative estimate of drug-likeness (QED) is 0.832. The zero-order chi connectivity index (χ0) is 14.5. The number of aromatic nitrogens is 1. The van der Waals surface area contributed by atoms with Crippen LogP contribution in [-0.4, -0.2) is 17.4 Å². The van der Waals surface area contributed by atoms with Crippen molar-refractivity contribution >= 4 is 22.4 Å². The molecule has 0 fully saturated rings. The van der Waals surface area contributed by atoms with Gasteiger partial charge in [0.1, 0.15) is 11.6 Å². The number of rotatable bonds is 2. The number of hydrogen-bond donors (Lipinski definition) is 2. The van der Waals surface area contributed by atoms with Gasteiger partial charge in [-0.2, -0.15) is 0 Å². The van der Waals surface area contributed by atoms with Gasteiger partial charge in [0.15, 0.2) is 5.13 Å². The van der Waals surface area contributed by atoms with Crippen molar-refractivity contribution in [2.24, 2.45) is 5.73 Å². The van der Waals surface area contributed by atoms with Gasteiger partial charge in [0.2, 0.25) is 0 Å². The fourth-order valence-corrected chi connectivity index (χ4v) is 2.05. The highest BCUT2D eigenvalue weighted by Crippen LogP contribution is 2.19.